The average Bonchev–Trinajstić information content (AvgIpc) is 2.31. The molecule has 0 aliphatic heterocycles. The predicted octanol–water partition coefficient (Wildman–Crippen LogP) is 1.31. The van der Waals surface area contributed by atoms with E-state index < -0.39 is 5.97 Å². The normalized spacial score (nSPS) is 10.0. The van der Waals surface area contributed by atoms with E-state index in [2.05, 4.69) is 5.32 Å². The van der Waals surface area contributed by atoms with Gasteiger partial charge in [0.15, 0.2) is 0 Å². The maximum Gasteiger partial charge on any atom is 0.303 e. The second-order valence-corrected chi connectivity index (χ2v) is 4.01. The van der Waals surface area contributed by atoms with Gasteiger partial charge >= 0.3 is 5.97 Å². The Morgan fingerprint density at radius 1 is 1.11 bits per heavy atom. The highest BCUT2D eigenvalue weighted by molar-refractivity contribution is 5.76. The Hall–Kier alpha value is -2.04. The molecule has 0 unspecified atom stereocenters. The lowest BCUT2D eigenvalue weighted by Gasteiger charge is -2.05. The van der Waals surface area contributed by atoms with Crippen LogP contribution in [0.1, 0.15) is 24.8 Å². The quantitative estimate of drug-likeness (QED) is 0.681. The summed E-state index contributed by atoms with van der Waals surface area (Å²) in [4.78, 5) is 21.6. The lowest BCUT2D eigenvalue weighted by atomic mass is 10.1. The van der Waals surface area contributed by atoms with Crippen LogP contribution in [-0.2, 0) is 16.0 Å². The van der Waals surface area contributed by atoms with Crippen LogP contribution in [0.3, 0.4) is 0 Å². The fraction of sp³-hybridized carbons (Fsp3) is 0.385. The zero-order valence-corrected chi connectivity index (χ0v) is 10.1. The third kappa shape index (κ3) is 5.89. The smallest absolute Gasteiger partial charge is 0.303 e. The van der Waals surface area contributed by atoms with Crippen molar-refractivity contribution in [2.45, 2.75) is 25.7 Å². The molecule has 1 amide bonds. The Morgan fingerprint density at radius 2 is 1.78 bits per heavy atom. The number of carbonyl (C=O) groups is 2. The minimum atomic E-state index is -0.883. The minimum absolute atomic E-state index is 0.0192. The molecule has 0 saturated heterocycles. The number of amides is 1. The van der Waals surface area contributed by atoms with Gasteiger partial charge in [-0.15, -0.1) is 0 Å². The van der Waals surface area contributed by atoms with E-state index in [0.29, 0.717) is 19.4 Å². The van der Waals surface area contributed by atoms with Crippen molar-refractivity contribution in [3.8, 4) is 5.75 Å². The molecule has 0 radical (unpaired) electrons. The summed E-state index contributed by atoms with van der Waals surface area (Å²) in [7, 11) is 0. The number of aliphatic carboxylic acids is 1. The molecule has 5 nitrogen and oxygen atoms in total. The summed E-state index contributed by atoms with van der Waals surface area (Å²) >= 11 is 0. The van der Waals surface area contributed by atoms with Crippen molar-refractivity contribution in [3.05, 3.63) is 29.8 Å². The van der Waals surface area contributed by atoms with Crippen molar-refractivity contribution in [2.75, 3.05) is 6.54 Å². The third-order valence-corrected chi connectivity index (χ3v) is 2.47. The van der Waals surface area contributed by atoms with Gasteiger partial charge in [0.1, 0.15) is 5.75 Å². The average molecular weight is 251 g/mol. The van der Waals surface area contributed by atoms with Crippen molar-refractivity contribution in [1.82, 2.24) is 5.32 Å². The first kappa shape index (κ1) is 14.0. The molecular formula is C13H17NO4. The van der Waals surface area contributed by atoms with Crippen LogP contribution in [0.2, 0.25) is 0 Å². The molecule has 5 heteroatoms. The molecule has 1 rings (SSSR count). The van der Waals surface area contributed by atoms with Gasteiger partial charge in [0.05, 0.1) is 0 Å². The molecule has 0 fully saturated rings. The van der Waals surface area contributed by atoms with Crippen molar-refractivity contribution in [1.29, 1.82) is 0 Å². The van der Waals surface area contributed by atoms with E-state index in [1.807, 2.05) is 0 Å². The van der Waals surface area contributed by atoms with E-state index in [1.54, 1.807) is 24.3 Å². The van der Waals surface area contributed by atoms with Crippen LogP contribution in [-0.4, -0.2) is 28.6 Å². The van der Waals surface area contributed by atoms with Gasteiger partial charge in [-0.2, -0.15) is 0 Å². The van der Waals surface area contributed by atoms with Gasteiger partial charge < -0.3 is 15.5 Å². The summed E-state index contributed by atoms with van der Waals surface area (Å²) in [5.74, 6) is -0.793. The number of aromatic hydroxyl groups is 1. The summed E-state index contributed by atoms with van der Waals surface area (Å²) in [6.45, 7) is 0.511. The molecule has 0 aliphatic carbocycles. The zero-order chi connectivity index (χ0) is 13.4. The topological polar surface area (TPSA) is 86.6 Å². The van der Waals surface area contributed by atoms with Crippen molar-refractivity contribution in [3.63, 3.8) is 0 Å². The summed E-state index contributed by atoms with van der Waals surface area (Å²) in [5, 5.41) is 20.2. The number of hydrogen-bond acceptors (Lipinski definition) is 3. The van der Waals surface area contributed by atoms with E-state index in [9.17, 15) is 9.59 Å². The van der Waals surface area contributed by atoms with Gasteiger partial charge in [-0.05, 0) is 30.5 Å². The first-order chi connectivity index (χ1) is 8.58. The van der Waals surface area contributed by atoms with Gasteiger partial charge in [-0.25, -0.2) is 0 Å². The van der Waals surface area contributed by atoms with Gasteiger partial charge in [-0.1, -0.05) is 12.1 Å². The number of carboxylic acid groups (broad SMARTS) is 1. The number of carbonyl (C=O) groups excluding carboxylic acids is 1. The highest BCUT2D eigenvalue weighted by atomic mass is 16.4. The largest absolute Gasteiger partial charge is 0.508 e. The fourth-order valence-electron chi connectivity index (χ4n) is 1.50. The molecule has 0 bridgehead atoms. The standard InChI is InChI=1S/C13H17NO4/c15-11-6-4-10(5-7-11)8-9-14-12(16)2-1-3-13(17)18/h4-7,15H,1-3,8-9H2,(H,14,16)(H,17,18). The van der Waals surface area contributed by atoms with E-state index in [0.717, 1.165) is 5.56 Å². The van der Waals surface area contributed by atoms with Crippen molar-refractivity contribution >= 4 is 11.9 Å². The lowest BCUT2D eigenvalue weighted by molar-refractivity contribution is -0.137. The SMILES string of the molecule is O=C(O)CCCC(=O)NCCc1ccc(O)cc1. The molecule has 1 aromatic carbocycles. The maximum atomic E-state index is 11.3. The molecule has 0 aliphatic rings. The van der Waals surface area contributed by atoms with Crippen LogP contribution in [0.25, 0.3) is 0 Å². The predicted molar refractivity (Wildman–Crippen MR) is 66.3 cm³/mol. The van der Waals surface area contributed by atoms with Gasteiger partial charge in [0.25, 0.3) is 0 Å². The van der Waals surface area contributed by atoms with Crippen LogP contribution < -0.4 is 5.32 Å². The first-order valence-electron chi connectivity index (χ1n) is 5.84. The number of hydrogen-bond donors (Lipinski definition) is 3. The molecular weight excluding hydrogens is 234 g/mol. The van der Waals surface area contributed by atoms with E-state index >= 15 is 0 Å². The van der Waals surface area contributed by atoms with Crippen molar-refractivity contribution in [2.24, 2.45) is 0 Å². The number of rotatable bonds is 7. The van der Waals surface area contributed by atoms with Crippen LogP contribution in [0, 0.1) is 0 Å². The number of benzene rings is 1. The van der Waals surface area contributed by atoms with Crippen LogP contribution in [0.4, 0.5) is 0 Å². The molecule has 0 heterocycles. The second kappa shape index (κ2) is 7.32. The third-order valence-electron chi connectivity index (χ3n) is 2.47. The summed E-state index contributed by atoms with van der Waals surface area (Å²) in [5.41, 5.74) is 1.03. The highest BCUT2D eigenvalue weighted by Gasteiger charge is 2.03. The first-order valence-corrected chi connectivity index (χ1v) is 5.84. The summed E-state index contributed by atoms with van der Waals surface area (Å²) in [6, 6.07) is 6.80. The summed E-state index contributed by atoms with van der Waals surface area (Å²) < 4.78 is 0. The van der Waals surface area contributed by atoms with E-state index in [4.69, 9.17) is 10.2 Å². The molecule has 0 spiro atoms. The Kier molecular flexibility index (Phi) is 5.70. The Balaban J connectivity index is 2.15. The zero-order valence-electron chi connectivity index (χ0n) is 10.1. The molecule has 3 N–H and O–H groups in total. The fourth-order valence-corrected chi connectivity index (χ4v) is 1.50. The van der Waals surface area contributed by atoms with Crippen LogP contribution >= 0.6 is 0 Å². The highest BCUT2D eigenvalue weighted by Crippen LogP contribution is 2.09. The van der Waals surface area contributed by atoms with Gasteiger partial charge in [-0.3, -0.25) is 9.59 Å². The maximum absolute atomic E-state index is 11.3. The second-order valence-electron chi connectivity index (χ2n) is 4.01. The monoisotopic (exact) mass is 251 g/mol. The van der Waals surface area contributed by atoms with E-state index in [1.165, 1.54) is 0 Å². The lowest BCUT2D eigenvalue weighted by Crippen LogP contribution is -2.25. The Morgan fingerprint density at radius 3 is 2.39 bits per heavy atom. The molecule has 0 aromatic heterocycles. The molecule has 0 saturated carbocycles. The number of carboxylic acids is 1. The van der Waals surface area contributed by atoms with Crippen LogP contribution in [0.5, 0.6) is 5.75 Å². The van der Waals surface area contributed by atoms with Crippen molar-refractivity contribution < 1.29 is 19.8 Å². The molecule has 98 valence electrons. The summed E-state index contributed by atoms with van der Waals surface area (Å²) in [6.07, 6.45) is 1.30. The van der Waals surface area contributed by atoms with Gasteiger partial charge in [0.2, 0.25) is 5.91 Å². The number of phenolic OH excluding ortho intramolecular Hbond substituents is 1. The number of nitrogens with one attached hydrogen (secondary N) is 1. The number of phenols is 1. The molecule has 18 heavy (non-hydrogen) atoms. The molecule has 1 aromatic rings. The van der Waals surface area contributed by atoms with Crippen LogP contribution in [0.15, 0.2) is 24.3 Å². The Bertz CT molecular complexity index is 400. The Labute approximate surface area is 105 Å². The van der Waals surface area contributed by atoms with Gasteiger partial charge in [0, 0.05) is 19.4 Å². The minimum Gasteiger partial charge on any atom is -0.508 e. The molecule has 0 atom stereocenters. The van der Waals surface area contributed by atoms with E-state index in [-0.39, 0.29) is 24.5 Å².